The number of aliphatic hydroxyl groups excluding tert-OH is 2. The summed E-state index contributed by atoms with van der Waals surface area (Å²) < 4.78 is 0. The fourth-order valence-electron chi connectivity index (χ4n) is 1.76. The van der Waals surface area contributed by atoms with E-state index < -0.39 is 10.9 Å². The van der Waals surface area contributed by atoms with Crippen molar-refractivity contribution in [1.29, 1.82) is 0 Å². The van der Waals surface area contributed by atoms with Gasteiger partial charge in [-0.3, -0.25) is 0 Å². The molecule has 0 aliphatic carbocycles. The average Bonchev–Trinajstić information content (AvgIpc) is 2.48. The van der Waals surface area contributed by atoms with Crippen LogP contribution in [0, 0.1) is 11.8 Å². The van der Waals surface area contributed by atoms with E-state index in [1.54, 1.807) is 0 Å². The molecule has 0 heterocycles. The molecule has 0 aromatic rings. The molecule has 2 atom stereocenters. The third-order valence-electron chi connectivity index (χ3n) is 3.49. The molecule has 0 saturated heterocycles. The van der Waals surface area contributed by atoms with Crippen LogP contribution in [-0.2, 0) is 0 Å². The molecule has 0 amide bonds. The van der Waals surface area contributed by atoms with E-state index in [0.29, 0.717) is 0 Å². The molecular weight excluding hydrogens is 336 g/mol. The van der Waals surface area contributed by atoms with Crippen molar-refractivity contribution >= 4 is 25.3 Å². The number of hydrogen-bond donors (Lipinski definition) is 4. The fourth-order valence-corrected chi connectivity index (χ4v) is 2.12. The summed E-state index contributed by atoms with van der Waals surface area (Å²) >= 11 is 7.76. The summed E-state index contributed by atoms with van der Waals surface area (Å²) in [5, 5.41) is 17.6. The average molecular weight is 383 g/mol. The first-order valence-corrected chi connectivity index (χ1v) is 10.9. The molecule has 0 saturated carbocycles. The Labute approximate surface area is 164 Å². The van der Waals surface area contributed by atoms with Crippen molar-refractivity contribution < 1.29 is 10.2 Å². The van der Waals surface area contributed by atoms with Gasteiger partial charge in [0, 0.05) is 0 Å². The minimum absolute atomic E-state index is 0.410. The summed E-state index contributed by atoms with van der Waals surface area (Å²) in [5.41, 5.74) is -0.820. The van der Waals surface area contributed by atoms with Crippen molar-refractivity contribution in [2.45, 2.75) is 117 Å². The summed E-state index contributed by atoms with van der Waals surface area (Å²) in [7, 11) is 0. The Balaban J connectivity index is -0.000000301. The maximum Gasteiger partial charge on any atom is 0.0964 e. The molecule has 2 N–H and O–H groups in total. The third kappa shape index (κ3) is 43.3. The van der Waals surface area contributed by atoms with Gasteiger partial charge in [-0.1, -0.05) is 92.9 Å². The molecule has 0 spiro atoms. The van der Waals surface area contributed by atoms with Crippen LogP contribution < -0.4 is 0 Å². The van der Waals surface area contributed by atoms with Crippen molar-refractivity contribution in [3.05, 3.63) is 0 Å². The normalized spacial score (nSPS) is 13.0. The predicted octanol–water partition coefficient (Wildman–Crippen LogP) is 6.71. The number of thiol groups is 2. The quantitative estimate of drug-likeness (QED) is 0.182. The van der Waals surface area contributed by atoms with Crippen LogP contribution in [0.4, 0.5) is 0 Å². The van der Waals surface area contributed by atoms with Crippen LogP contribution in [0.2, 0.25) is 0 Å². The van der Waals surface area contributed by atoms with Crippen LogP contribution in [0.15, 0.2) is 0 Å². The van der Waals surface area contributed by atoms with Crippen LogP contribution in [0.3, 0.4) is 0 Å². The first-order valence-electron chi connectivity index (χ1n) is 9.89. The van der Waals surface area contributed by atoms with Gasteiger partial charge in [-0.05, 0) is 24.7 Å². The number of unbranched alkanes of at least 4 members (excludes halogenated alkanes) is 3. The van der Waals surface area contributed by atoms with Gasteiger partial charge < -0.3 is 10.2 Å². The topological polar surface area (TPSA) is 40.5 Å². The second-order valence-corrected chi connectivity index (χ2v) is 8.51. The first-order chi connectivity index (χ1) is 11.2. The minimum Gasteiger partial charge on any atom is -0.383 e. The Morgan fingerprint density at radius 1 is 0.583 bits per heavy atom. The number of rotatable bonds is 11. The lowest BCUT2D eigenvalue weighted by Crippen LogP contribution is -1.95. The van der Waals surface area contributed by atoms with E-state index in [9.17, 15) is 0 Å². The largest absolute Gasteiger partial charge is 0.383 e. The molecule has 2 unspecified atom stereocenters. The van der Waals surface area contributed by atoms with Gasteiger partial charge in [-0.2, -0.15) is 0 Å². The third-order valence-corrected chi connectivity index (χ3v) is 4.00. The monoisotopic (exact) mass is 382 g/mol. The highest BCUT2D eigenvalue weighted by atomic mass is 32.1. The molecule has 0 radical (unpaired) electrons. The maximum atomic E-state index is 8.78. The highest BCUT2D eigenvalue weighted by molar-refractivity contribution is 7.80. The summed E-state index contributed by atoms with van der Waals surface area (Å²) in [4.78, 5) is 0. The molecule has 0 aromatic heterocycles. The van der Waals surface area contributed by atoms with E-state index in [-0.39, 0.29) is 0 Å². The molecule has 0 bridgehead atoms. The standard InChI is InChI=1S/2C8H18OS.C4H10/c2*1-7(2)5-3-4-6-8(9)10;1-3-4-2/h2*7-10H,3-6H2,1-2H3;3-4H2,1-2H3. The molecule has 150 valence electrons. The van der Waals surface area contributed by atoms with Crippen molar-refractivity contribution in [3.63, 3.8) is 0 Å². The summed E-state index contributed by atoms with van der Waals surface area (Å²) in [6.45, 7) is 13.2. The zero-order chi connectivity index (χ0) is 19.4. The summed E-state index contributed by atoms with van der Waals surface area (Å²) in [6, 6.07) is 0. The van der Waals surface area contributed by atoms with Crippen LogP contribution in [0.25, 0.3) is 0 Å². The van der Waals surface area contributed by atoms with E-state index in [4.69, 9.17) is 10.2 Å². The van der Waals surface area contributed by atoms with Crippen molar-refractivity contribution in [3.8, 4) is 0 Å². The summed E-state index contributed by atoms with van der Waals surface area (Å²) in [5.74, 6) is 1.58. The van der Waals surface area contributed by atoms with Gasteiger partial charge in [0.1, 0.15) is 0 Å². The molecule has 0 fully saturated rings. The Morgan fingerprint density at radius 3 is 1.00 bits per heavy atom. The predicted molar refractivity (Wildman–Crippen MR) is 117 cm³/mol. The van der Waals surface area contributed by atoms with Gasteiger partial charge in [-0.25, -0.2) is 0 Å². The zero-order valence-corrected chi connectivity index (χ0v) is 19.0. The minimum atomic E-state index is -0.410. The lowest BCUT2D eigenvalue weighted by atomic mass is 10.1. The SMILES string of the molecule is CC(C)CCCCC(O)S.CC(C)CCCCC(O)S.CCCC. The van der Waals surface area contributed by atoms with E-state index in [1.165, 1.54) is 38.5 Å². The van der Waals surface area contributed by atoms with Crippen molar-refractivity contribution in [2.24, 2.45) is 11.8 Å². The molecular formula is C20H46O2S2. The van der Waals surface area contributed by atoms with Gasteiger partial charge in [-0.15, -0.1) is 25.3 Å². The Bertz CT molecular complexity index is 166. The van der Waals surface area contributed by atoms with E-state index in [1.807, 2.05) is 0 Å². The Hall–Kier alpha value is 0.620. The van der Waals surface area contributed by atoms with Crippen molar-refractivity contribution in [1.82, 2.24) is 0 Å². The van der Waals surface area contributed by atoms with Crippen LogP contribution >= 0.6 is 25.3 Å². The van der Waals surface area contributed by atoms with Gasteiger partial charge in [0.25, 0.3) is 0 Å². The van der Waals surface area contributed by atoms with Gasteiger partial charge >= 0.3 is 0 Å². The van der Waals surface area contributed by atoms with Crippen LogP contribution in [0.1, 0.15) is 106 Å². The second-order valence-electron chi connectivity index (χ2n) is 7.32. The van der Waals surface area contributed by atoms with E-state index in [0.717, 1.165) is 37.5 Å². The van der Waals surface area contributed by atoms with E-state index >= 15 is 0 Å². The molecule has 0 aliphatic heterocycles. The molecule has 0 rings (SSSR count). The molecule has 0 aromatic carbocycles. The lowest BCUT2D eigenvalue weighted by molar-refractivity contribution is 0.248. The fraction of sp³-hybridized carbons (Fsp3) is 1.00. The molecule has 4 heteroatoms. The van der Waals surface area contributed by atoms with E-state index in [2.05, 4.69) is 66.8 Å². The zero-order valence-electron chi connectivity index (χ0n) is 17.2. The first kappa shape index (κ1) is 29.4. The van der Waals surface area contributed by atoms with Crippen LogP contribution in [-0.4, -0.2) is 21.1 Å². The number of hydrogen-bond acceptors (Lipinski definition) is 4. The maximum absolute atomic E-state index is 8.78. The molecule has 0 aliphatic rings. The smallest absolute Gasteiger partial charge is 0.0964 e. The van der Waals surface area contributed by atoms with Gasteiger partial charge in [0.2, 0.25) is 0 Å². The second kappa shape index (κ2) is 23.6. The number of aliphatic hydroxyl groups is 2. The lowest BCUT2D eigenvalue weighted by Gasteiger charge is -2.04. The Morgan fingerprint density at radius 2 is 0.833 bits per heavy atom. The van der Waals surface area contributed by atoms with Gasteiger partial charge in [0.05, 0.1) is 10.9 Å². The summed E-state index contributed by atoms with van der Waals surface area (Å²) in [6.07, 6.45) is 11.5. The van der Waals surface area contributed by atoms with Crippen LogP contribution in [0.5, 0.6) is 0 Å². The molecule has 2 nitrogen and oxygen atoms in total. The van der Waals surface area contributed by atoms with Gasteiger partial charge in [0.15, 0.2) is 0 Å². The Kier molecular flexibility index (Phi) is 28.9. The molecule has 24 heavy (non-hydrogen) atoms. The van der Waals surface area contributed by atoms with Crippen molar-refractivity contribution in [2.75, 3.05) is 0 Å². The highest BCUT2D eigenvalue weighted by Crippen LogP contribution is 2.11. The highest BCUT2D eigenvalue weighted by Gasteiger charge is 1.98.